The number of carbonyl (C=O) groups excluding carboxylic acids is 5. The summed E-state index contributed by atoms with van der Waals surface area (Å²) in [6.07, 6.45) is -4.44. The monoisotopic (exact) mass is 648 g/mol. The van der Waals surface area contributed by atoms with Crippen molar-refractivity contribution in [1.29, 1.82) is 0 Å². The van der Waals surface area contributed by atoms with Gasteiger partial charge in [-0.05, 0) is 49.2 Å². The highest BCUT2D eigenvalue weighted by Crippen LogP contribution is 2.29. The van der Waals surface area contributed by atoms with Crippen molar-refractivity contribution in [3.8, 4) is 0 Å². The van der Waals surface area contributed by atoms with Gasteiger partial charge in [-0.15, -0.1) is 0 Å². The van der Waals surface area contributed by atoms with Gasteiger partial charge < -0.3 is 33.8 Å². The lowest BCUT2D eigenvalue weighted by molar-refractivity contribution is -0.269. The smallest absolute Gasteiger partial charge is 0.338 e. The molecule has 13 heteroatoms. The SMILES string of the molecule is CC(=O)N[C@H]1C(OCCCCC(=O)ON)O[C@H](COC(=O)c2ccccc2)[C@H](OC(=O)c2ccccc2)C1OC(=O)c1ccccc1. The molecule has 0 spiro atoms. The zero-order chi connectivity index (χ0) is 33.6. The van der Waals surface area contributed by atoms with Gasteiger partial charge in [0, 0.05) is 20.0 Å². The molecule has 3 aromatic rings. The average Bonchev–Trinajstić information content (AvgIpc) is 3.10. The second-order valence-corrected chi connectivity index (χ2v) is 10.5. The quantitative estimate of drug-likeness (QED) is 0.113. The summed E-state index contributed by atoms with van der Waals surface area (Å²) in [5.41, 5.74) is 0.671. The van der Waals surface area contributed by atoms with Crippen LogP contribution in [0.3, 0.4) is 0 Å². The molecule has 1 fully saturated rings. The highest BCUT2D eigenvalue weighted by Gasteiger charge is 2.52. The van der Waals surface area contributed by atoms with E-state index in [0.29, 0.717) is 12.8 Å². The van der Waals surface area contributed by atoms with E-state index in [1.165, 1.54) is 6.92 Å². The number of hydrogen-bond acceptors (Lipinski definition) is 12. The minimum Gasteiger partial charge on any atom is -0.459 e. The number of hydrogen-bond donors (Lipinski definition) is 2. The molecule has 1 amide bonds. The van der Waals surface area contributed by atoms with E-state index in [1.807, 2.05) is 0 Å². The summed E-state index contributed by atoms with van der Waals surface area (Å²) >= 11 is 0. The molecule has 1 saturated heterocycles. The molecule has 0 radical (unpaired) electrons. The van der Waals surface area contributed by atoms with E-state index >= 15 is 0 Å². The van der Waals surface area contributed by atoms with Gasteiger partial charge in [0.05, 0.1) is 16.7 Å². The topological polar surface area (TPSA) is 179 Å². The predicted octanol–water partition coefficient (Wildman–Crippen LogP) is 3.13. The number of unbranched alkanes of at least 4 members (excludes halogenated alkanes) is 1. The summed E-state index contributed by atoms with van der Waals surface area (Å²) in [7, 11) is 0. The van der Waals surface area contributed by atoms with E-state index in [1.54, 1.807) is 91.0 Å². The van der Waals surface area contributed by atoms with Crippen molar-refractivity contribution in [2.24, 2.45) is 5.90 Å². The number of ether oxygens (including phenoxy) is 5. The number of rotatable bonds is 14. The summed E-state index contributed by atoms with van der Waals surface area (Å²) in [5, 5.41) is 2.71. The maximum absolute atomic E-state index is 13.4. The average molecular weight is 649 g/mol. The number of nitrogens with two attached hydrogens (primary N) is 1. The summed E-state index contributed by atoms with van der Waals surface area (Å²) in [6.45, 7) is 0.863. The first kappa shape index (κ1) is 34.8. The zero-order valence-corrected chi connectivity index (χ0v) is 25.7. The van der Waals surface area contributed by atoms with E-state index < -0.39 is 67.0 Å². The first-order valence-electron chi connectivity index (χ1n) is 14.9. The van der Waals surface area contributed by atoms with Crippen LogP contribution in [-0.2, 0) is 38.1 Å². The Kier molecular flexibility index (Phi) is 13.0. The van der Waals surface area contributed by atoms with E-state index in [0.717, 1.165) is 0 Å². The van der Waals surface area contributed by atoms with Gasteiger partial charge in [-0.1, -0.05) is 54.6 Å². The van der Waals surface area contributed by atoms with Gasteiger partial charge in [0.1, 0.15) is 18.8 Å². The summed E-state index contributed by atoms with van der Waals surface area (Å²) in [6, 6.07) is 23.3. The van der Waals surface area contributed by atoms with E-state index in [9.17, 15) is 24.0 Å². The lowest BCUT2D eigenvalue weighted by atomic mass is 9.95. The number of carbonyl (C=O) groups is 5. The standard InChI is InChI=1S/C34H36N2O11/c1-22(37)36-28-30(46-33(41)25-17-9-4-10-18-25)29(45-32(40)24-15-7-3-8-16-24)26(21-43-31(39)23-13-5-2-6-14-23)44-34(28)42-20-12-11-19-27(38)47-35/h2-10,13-18,26,28-30,34H,11-12,19-21,35H2,1H3,(H,36,37)/t26-,28-,29+,30?,34?/m1/s1. The molecular formula is C34H36N2O11. The molecule has 1 heterocycles. The maximum atomic E-state index is 13.4. The summed E-state index contributed by atoms with van der Waals surface area (Å²) in [4.78, 5) is 67.7. The third-order valence-electron chi connectivity index (χ3n) is 7.10. The first-order chi connectivity index (χ1) is 22.8. The van der Waals surface area contributed by atoms with Crippen LogP contribution < -0.4 is 11.2 Å². The fourth-order valence-electron chi connectivity index (χ4n) is 4.83. The number of benzene rings is 3. The molecule has 0 aromatic heterocycles. The Morgan fingerprint density at radius 3 is 1.74 bits per heavy atom. The molecule has 4 rings (SSSR count). The Morgan fingerprint density at radius 2 is 1.23 bits per heavy atom. The number of nitrogens with one attached hydrogen (secondary N) is 1. The normalized spacial score (nSPS) is 20.3. The molecule has 3 aromatic carbocycles. The largest absolute Gasteiger partial charge is 0.459 e. The van der Waals surface area contributed by atoms with Crippen LogP contribution in [0.15, 0.2) is 91.0 Å². The van der Waals surface area contributed by atoms with Gasteiger partial charge in [-0.3, -0.25) is 9.59 Å². The van der Waals surface area contributed by atoms with Crippen molar-refractivity contribution >= 4 is 29.8 Å². The van der Waals surface area contributed by atoms with Crippen molar-refractivity contribution in [3.63, 3.8) is 0 Å². The molecule has 0 saturated carbocycles. The lowest BCUT2D eigenvalue weighted by Crippen LogP contribution is -2.66. The molecule has 13 nitrogen and oxygen atoms in total. The molecule has 0 bridgehead atoms. The molecule has 2 unspecified atom stereocenters. The third kappa shape index (κ3) is 10.2. The molecule has 1 aliphatic rings. The minimum absolute atomic E-state index is 0.0446. The third-order valence-corrected chi connectivity index (χ3v) is 7.10. The van der Waals surface area contributed by atoms with Crippen LogP contribution in [0.2, 0.25) is 0 Å². The van der Waals surface area contributed by atoms with Crippen LogP contribution in [0.25, 0.3) is 0 Å². The van der Waals surface area contributed by atoms with Crippen LogP contribution in [0, 0.1) is 0 Å². The van der Waals surface area contributed by atoms with Gasteiger partial charge in [-0.2, -0.15) is 5.90 Å². The Morgan fingerprint density at radius 1 is 0.723 bits per heavy atom. The maximum Gasteiger partial charge on any atom is 0.338 e. The Labute approximate surface area is 271 Å². The van der Waals surface area contributed by atoms with E-state index in [-0.39, 0.29) is 29.7 Å². The predicted molar refractivity (Wildman–Crippen MR) is 164 cm³/mol. The van der Waals surface area contributed by atoms with Gasteiger partial charge in [0.15, 0.2) is 18.5 Å². The molecule has 248 valence electrons. The van der Waals surface area contributed by atoms with Crippen LogP contribution in [0.5, 0.6) is 0 Å². The molecule has 47 heavy (non-hydrogen) atoms. The molecule has 0 aliphatic carbocycles. The second-order valence-electron chi connectivity index (χ2n) is 10.5. The number of amides is 1. The van der Waals surface area contributed by atoms with E-state index in [4.69, 9.17) is 29.6 Å². The highest BCUT2D eigenvalue weighted by molar-refractivity contribution is 5.91. The molecule has 3 N–H and O–H groups in total. The van der Waals surface area contributed by atoms with Gasteiger partial charge in [-0.25, -0.2) is 14.4 Å². The molecule has 1 aliphatic heterocycles. The Hall–Kier alpha value is -5.11. The van der Waals surface area contributed by atoms with Crippen molar-refractivity contribution < 1.29 is 52.5 Å². The van der Waals surface area contributed by atoms with Crippen molar-refractivity contribution in [2.45, 2.75) is 56.8 Å². The van der Waals surface area contributed by atoms with Gasteiger partial charge in [0.2, 0.25) is 5.91 Å². The van der Waals surface area contributed by atoms with Crippen molar-refractivity contribution in [2.75, 3.05) is 13.2 Å². The highest BCUT2D eigenvalue weighted by atomic mass is 16.7. The minimum atomic E-state index is -1.38. The lowest BCUT2D eigenvalue weighted by Gasteiger charge is -2.45. The van der Waals surface area contributed by atoms with Crippen molar-refractivity contribution in [3.05, 3.63) is 108 Å². The van der Waals surface area contributed by atoms with Crippen LogP contribution in [-0.4, -0.2) is 73.6 Å². The Balaban J connectivity index is 1.66. The molecule has 5 atom stereocenters. The van der Waals surface area contributed by atoms with Gasteiger partial charge in [0.25, 0.3) is 0 Å². The fraction of sp³-hybridized carbons (Fsp3) is 0.324. The zero-order valence-electron chi connectivity index (χ0n) is 25.7. The number of esters is 3. The second kappa shape index (κ2) is 17.5. The van der Waals surface area contributed by atoms with Crippen LogP contribution in [0.4, 0.5) is 0 Å². The van der Waals surface area contributed by atoms with Crippen molar-refractivity contribution in [1.82, 2.24) is 5.32 Å². The fourth-order valence-corrected chi connectivity index (χ4v) is 4.83. The summed E-state index contributed by atoms with van der Waals surface area (Å²) < 4.78 is 29.6. The molecular weight excluding hydrogens is 612 g/mol. The summed E-state index contributed by atoms with van der Waals surface area (Å²) in [5.74, 6) is 1.58. The van der Waals surface area contributed by atoms with Crippen LogP contribution >= 0.6 is 0 Å². The first-order valence-corrected chi connectivity index (χ1v) is 14.9. The van der Waals surface area contributed by atoms with E-state index in [2.05, 4.69) is 10.2 Å². The van der Waals surface area contributed by atoms with Crippen LogP contribution in [0.1, 0.15) is 57.3 Å². The Bertz CT molecular complexity index is 1490. The van der Waals surface area contributed by atoms with Gasteiger partial charge >= 0.3 is 23.9 Å².